The molecule has 3 rings (SSSR count). The van der Waals surface area contributed by atoms with Gasteiger partial charge in [-0.15, -0.1) is 15.3 Å². The Kier molecular flexibility index (Phi) is 3.00. The van der Waals surface area contributed by atoms with Gasteiger partial charge in [0, 0.05) is 6.04 Å². The third-order valence-electron chi connectivity index (χ3n) is 2.36. The van der Waals surface area contributed by atoms with Gasteiger partial charge < -0.3 is 0 Å². The van der Waals surface area contributed by atoms with E-state index in [2.05, 4.69) is 25.4 Å². The summed E-state index contributed by atoms with van der Waals surface area (Å²) in [5.41, 5.74) is -0.232. The largest absolute Gasteiger partial charge is 0.344 e. The predicted molar refractivity (Wildman–Crippen MR) is 65.1 cm³/mol. The highest BCUT2D eigenvalue weighted by Gasteiger charge is 2.29. The van der Waals surface area contributed by atoms with Gasteiger partial charge in [0.15, 0.2) is 10.3 Å². The molecule has 94 valence electrons. The first-order chi connectivity index (χ1) is 8.65. The SMILES string of the molecule is O=c1[nH]nc(Sc2nc(Cl)nnc2Cl)n1C1CC1. The van der Waals surface area contributed by atoms with Crippen molar-refractivity contribution >= 4 is 35.0 Å². The normalized spacial score (nSPS) is 15.0. The van der Waals surface area contributed by atoms with Crippen LogP contribution in [0.1, 0.15) is 18.9 Å². The molecule has 0 bridgehead atoms. The maximum atomic E-state index is 11.6. The van der Waals surface area contributed by atoms with E-state index >= 15 is 0 Å². The van der Waals surface area contributed by atoms with Crippen LogP contribution >= 0.6 is 35.0 Å². The molecule has 1 aliphatic carbocycles. The average Bonchev–Trinajstić information content (AvgIpc) is 3.10. The fourth-order valence-corrected chi connectivity index (χ4v) is 2.67. The molecule has 2 aromatic rings. The van der Waals surface area contributed by atoms with Gasteiger partial charge in [0.25, 0.3) is 0 Å². The zero-order valence-corrected chi connectivity index (χ0v) is 11.1. The van der Waals surface area contributed by atoms with E-state index in [1.165, 1.54) is 0 Å². The van der Waals surface area contributed by atoms with Crippen molar-refractivity contribution in [2.75, 3.05) is 0 Å². The number of hydrogen-bond donors (Lipinski definition) is 1. The van der Waals surface area contributed by atoms with Gasteiger partial charge in [-0.05, 0) is 36.2 Å². The highest BCUT2D eigenvalue weighted by atomic mass is 35.5. The molecule has 18 heavy (non-hydrogen) atoms. The lowest BCUT2D eigenvalue weighted by Crippen LogP contribution is -2.16. The number of halogens is 2. The molecule has 1 aliphatic rings. The number of aromatic amines is 1. The summed E-state index contributed by atoms with van der Waals surface area (Å²) in [7, 11) is 0. The summed E-state index contributed by atoms with van der Waals surface area (Å²) in [5, 5.41) is 14.5. The summed E-state index contributed by atoms with van der Waals surface area (Å²) in [5.74, 6) is 0. The van der Waals surface area contributed by atoms with Crippen molar-refractivity contribution in [3.8, 4) is 0 Å². The quantitative estimate of drug-likeness (QED) is 0.925. The van der Waals surface area contributed by atoms with Crippen molar-refractivity contribution in [1.29, 1.82) is 0 Å². The summed E-state index contributed by atoms with van der Waals surface area (Å²) in [6, 6.07) is 0.211. The van der Waals surface area contributed by atoms with Crippen LogP contribution in [-0.2, 0) is 0 Å². The van der Waals surface area contributed by atoms with Crippen molar-refractivity contribution < 1.29 is 0 Å². The second-order valence-corrected chi connectivity index (χ2v) is 5.34. The Hall–Kier alpha value is -1.12. The van der Waals surface area contributed by atoms with E-state index < -0.39 is 0 Å². The van der Waals surface area contributed by atoms with Crippen molar-refractivity contribution in [2.24, 2.45) is 0 Å². The van der Waals surface area contributed by atoms with Gasteiger partial charge in [0.05, 0.1) is 0 Å². The zero-order valence-electron chi connectivity index (χ0n) is 8.80. The first kappa shape index (κ1) is 11.9. The van der Waals surface area contributed by atoms with Crippen LogP contribution in [0.4, 0.5) is 0 Å². The third kappa shape index (κ3) is 2.23. The zero-order chi connectivity index (χ0) is 12.7. The lowest BCUT2D eigenvalue weighted by atomic mass is 10.7. The van der Waals surface area contributed by atoms with Crippen molar-refractivity contribution in [2.45, 2.75) is 29.1 Å². The maximum Gasteiger partial charge on any atom is 0.344 e. The Labute approximate surface area is 115 Å². The Morgan fingerprint density at radius 1 is 1.33 bits per heavy atom. The molecule has 0 spiro atoms. The molecule has 0 amide bonds. The fraction of sp³-hybridized carbons (Fsp3) is 0.375. The van der Waals surface area contributed by atoms with E-state index in [-0.39, 0.29) is 22.2 Å². The number of nitrogens with zero attached hydrogens (tertiary/aromatic N) is 5. The minimum atomic E-state index is -0.232. The van der Waals surface area contributed by atoms with Crippen LogP contribution in [0.2, 0.25) is 10.4 Å². The molecule has 0 aromatic carbocycles. The molecule has 2 aromatic heterocycles. The first-order valence-corrected chi connectivity index (χ1v) is 6.63. The first-order valence-electron chi connectivity index (χ1n) is 5.05. The summed E-state index contributed by atoms with van der Waals surface area (Å²) in [6.45, 7) is 0. The van der Waals surface area contributed by atoms with Crippen molar-refractivity contribution in [3.63, 3.8) is 0 Å². The lowest BCUT2D eigenvalue weighted by molar-refractivity contribution is 0.642. The third-order valence-corrected chi connectivity index (χ3v) is 3.84. The Balaban J connectivity index is 1.97. The minimum absolute atomic E-state index is 0.00208. The molecule has 1 saturated carbocycles. The molecule has 1 N–H and O–H groups in total. The standard InChI is InChI=1S/C8H6Cl2N6OS/c9-4-5(11-6(10)13-12-4)18-8-15-14-7(17)16(8)3-1-2-3/h3H,1-2H2,(H,14,17). The van der Waals surface area contributed by atoms with Crippen LogP contribution in [0, 0.1) is 0 Å². The smallest absolute Gasteiger partial charge is 0.267 e. The van der Waals surface area contributed by atoms with Crippen LogP contribution in [0.15, 0.2) is 15.0 Å². The second-order valence-electron chi connectivity index (χ2n) is 3.69. The van der Waals surface area contributed by atoms with Gasteiger partial charge in [-0.3, -0.25) is 4.57 Å². The number of hydrogen-bond acceptors (Lipinski definition) is 6. The van der Waals surface area contributed by atoms with Crippen molar-refractivity contribution in [1.82, 2.24) is 29.9 Å². The maximum absolute atomic E-state index is 11.6. The van der Waals surface area contributed by atoms with E-state index in [1.54, 1.807) is 4.57 Å². The second kappa shape index (κ2) is 4.52. The molecule has 0 aliphatic heterocycles. The summed E-state index contributed by atoms with van der Waals surface area (Å²) >= 11 is 12.6. The summed E-state index contributed by atoms with van der Waals surface area (Å²) < 4.78 is 1.59. The van der Waals surface area contributed by atoms with Crippen LogP contribution in [0.3, 0.4) is 0 Å². The molecule has 0 unspecified atom stereocenters. The number of rotatable bonds is 3. The molecule has 1 fully saturated rings. The average molecular weight is 305 g/mol. The summed E-state index contributed by atoms with van der Waals surface area (Å²) in [4.78, 5) is 15.5. The minimum Gasteiger partial charge on any atom is -0.267 e. The van der Waals surface area contributed by atoms with Crippen LogP contribution in [0.25, 0.3) is 0 Å². The molecular formula is C8H6Cl2N6OS. The van der Waals surface area contributed by atoms with Crippen molar-refractivity contribution in [3.05, 3.63) is 20.9 Å². The molecular weight excluding hydrogens is 299 g/mol. The number of nitrogens with one attached hydrogen (secondary N) is 1. The van der Waals surface area contributed by atoms with Gasteiger partial charge >= 0.3 is 5.69 Å². The fourth-order valence-electron chi connectivity index (χ4n) is 1.45. The monoisotopic (exact) mass is 304 g/mol. The molecule has 10 heteroatoms. The lowest BCUT2D eigenvalue weighted by Gasteiger charge is -2.03. The van der Waals surface area contributed by atoms with E-state index in [1.807, 2.05) is 0 Å². The van der Waals surface area contributed by atoms with E-state index in [0.29, 0.717) is 10.2 Å². The summed E-state index contributed by atoms with van der Waals surface area (Å²) in [6.07, 6.45) is 1.95. The molecule has 0 atom stereocenters. The van der Waals surface area contributed by atoms with E-state index in [0.717, 1.165) is 24.6 Å². The Bertz CT molecular complexity index is 651. The van der Waals surface area contributed by atoms with E-state index in [9.17, 15) is 4.79 Å². The van der Waals surface area contributed by atoms with Gasteiger partial charge in [-0.1, -0.05) is 11.6 Å². The van der Waals surface area contributed by atoms with Gasteiger partial charge in [-0.25, -0.2) is 14.9 Å². The topological polar surface area (TPSA) is 89.3 Å². The molecule has 2 heterocycles. The van der Waals surface area contributed by atoms with Crippen LogP contribution in [0.5, 0.6) is 0 Å². The van der Waals surface area contributed by atoms with Gasteiger partial charge in [0.2, 0.25) is 5.28 Å². The van der Waals surface area contributed by atoms with Crippen LogP contribution < -0.4 is 5.69 Å². The number of aromatic nitrogens is 6. The molecule has 0 radical (unpaired) electrons. The Morgan fingerprint density at radius 3 is 2.83 bits per heavy atom. The number of H-pyrrole nitrogens is 1. The van der Waals surface area contributed by atoms with E-state index in [4.69, 9.17) is 23.2 Å². The predicted octanol–water partition coefficient (Wildman–Crippen LogP) is 1.55. The van der Waals surface area contributed by atoms with Crippen LogP contribution in [-0.4, -0.2) is 29.9 Å². The molecule has 7 nitrogen and oxygen atoms in total. The highest BCUT2D eigenvalue weighted by Crippen LogP contribution is 2.38. The molecule has 0 saturated heterocycles. The Morgan fingerprint density at radius 2 is 2.11 bits per heavy atom. The van der Waals surface area contributed by atoms with Gasteiger partial charge in [0.1, 0.15) is 5.03 Å². The van der Waals surface area contributed by atoms with Gasteiger partial charge in [-0.2, -0.15) is 0 Å². The highest BCUT2D eigenvalue weighted by molar-refractivity contribution is 7.99.